The molecule has 0 N–H and O–H groups in total. The van der Waals surface area contributed by atoms with Crippen LogP contribution in [0.1, 0.15) is 123 Å². The molecule has 0 heterocycles. The van der Waals surface area contributed by atoms with E-state index in [1.807, 2.05) is 98.8 Å². The Morgan fingerprint density at radius 3 is 1.05 bits per heavy atom. The molecule has 0 saturated heterocycles. The number of hydrogen-bond donors (Lipinski definition) is 0. The molecule has 0 aliphatic heterocycles. The normalized spacial score (nSPS) is 10.9. The maximum Gasteiger partial charge on any atom is 0.343 e. The molecule has 6 aromatic carbocycles. The van der Waals surface area contributed by atoms with Crippen LogP contribution in [0.4, 0.5) is 0 Å². The number of aryl methyl sites for hydroxylation is 2. The van der Waals surface area contributed by atoms with Crippen molar-refractivity contribution >= 4 is 11.9 Å². The Bertz CT molecular complexity index is 2280. The fraction of sp³-hybridized carbons (Fsp3) is 0.345. The van der Waals surface area contributed by atoms with Gasteiger partial charge in [-0.25, -0.2) is 9.59 Å². The van der Waals surface area contributed by atoms with Crippen LogP contribution in [-0.4, -0.2) is 39.4 Å². The first-order valence-electron chi connectivity index (χ1n) is 23.7. The molecule has 0 spiro atoms. The van der Waals surface area contributed by atoms with Crippen molar-refractivity contribution in [1.82, 2.24) is 0 Å². The van der Waals surface area contributed by atoms with Crippen LogP contribution < -0.4 is 28.4 Å². The van der Waals surface area contributed by atoms with Gasteiger partial charge < -0.3 is 28.4 Å². The summed E-state index contributed by atoms with van der Waals surface area (Å²) in [5, 5.41) is 0. The predicted octanol–water partition coefficient (Wildman–Crippen LogP) is 15.2. The van der Waals surface area contributed by atoms with Crippen LogP contribution in [0.3, 0.4) is 0 Å². The Hall–Kier alpha value is -6.54. The second kappa shape index (κ2) is 25.2. The van der Waals surface area contributed by atoms with E-state index in [0.717, 1.165) is 57.7 Å². The second-order valence-electron chi connectivity index (χ2n) is 16.8. The first kappa shape index (κ1) is 48.9. The smallest absolute Gasteiger partial charge is 0.343 e. The Morgan fingerprint density at radius 2 is 0.712 bits per heavy atom. The minimum absolute atomic E-state index is 0.256. The van der Waals surface area contributed by atoms with E-state index in [1.54, 1.807) is 50.6 Å². The van der Waals surface area contributed by atoms with E-state index in [0.29, 0.717) is 47.0 Å². The molecular weight excluding hydrogens is 825 g/mol. The molecule has 0 aliphatic rings. The summed E-state index contributed by atoms with van der Waals surface area (Å²) in [7, 11) is 3.12. The number of hydrogen-bond acceptors (Lipinski definition) is 8. The summed E-state index contributed by atoms with van der Waals surface area (Å²) < 4.78 is 35.6. The van der Waals surface area contributed by atoms with Gasteiger partial charge in [0.25, 0.3) is 0 Å². The van der Waals surface area contributed by atoms with Gasteiger partial charge in [-0.1, -0.05) is 127 Å². The lowest BCUT2D eigenvalue weighted by Crippen LogP contribution is -2.12. The largest absolute Gasteiger partial charge is 0.497 e. The fourth-order valence-electron chi connectivity index (χ4n) is 8.03. The molecule has 0 amide bonds. The van der Waals surface area contributed by atoms with Crippen molar-refractivity contribution in [2.75, 3.05) is 27.4 Å². The van der Waals surface area contributed by atoms with Gasteiger partial charge in [-0.3, -0.25) is 0 Å². The van der Waals surface area contributed by atoms with Crippen molar-refractivity contribution in [3.05, 3.63) is 144 Å². The van der Waals surface area contributed by atoms with Crippen molar-refractivity contribution in [3.8, 4) is 67.9 Å². The van der Waals surface area contributed by atoms with Gasteiger partial charge in [0, 0.05) is 23.3 Å². The molecule has 6 rings (SSSR count). The van der Waals surface area contributed by atoms with Crippen LogP contribution in [0.15, 0.2) is 121 Å². The van der Waals surface area contributed by atoms with Crippen LogP contribution in [0.25, 0.3) is 33.4 Å². The molecule has 0 aliphatic carbocycles. The number of carbonyl (C=O) groups excluding carboxylic acids is 2. The van der Waals surface area contributed by atoms with Gasteiger partial charge in [-0.2, -0.15) is 0 Å². The Labute approximate surface area is 392 Å². The Morgan fingerprint density at radius 1 is 0.394 bits per heavy atom. The molecule has 0 bridgehead atoms. The zero-order valence-corrected chi connectivity index (χ0v) is 39.7. The highest BCUT2D eigenvalue weighted by atomic mass is 16.5. The second-order valence-corrected chi connectivity index (χ2v) is 16.8. The summed E-state index contributed by atoms with van der Waals surface area (Å²) in [5.41, 5.74) is 7.34. The summed E-state index contributed by atoms with van der Waals surface area (Å²) >= 11 is 0. The predicted molar refractivity (Wildman–Crippen MR) is 266 cm³/mol. The average molecular weight is 891 g/mol. The third kappa shape index (κ3) is 13.7. The van der Waals surface area contributed by atoms with Crippen molar-refractivity contribution in [3.63, 3.8) is 0 Å². The highest BCUT2D eigenvalue weighted by Gasteiger charge is 2.24. The molecule has 0 radical (unpaired) electrons. The van der Waals surface area contributed by atoms with Crippen LogP contribution >= 0.6 is 0 Å². The SMILES string of the molecule is CCCCCCCCOc1ccc(-c2ccc(C(=O)Oc3cc(OC)cc(C)c3-c3c(C)cc(OC)cc3OC(=O)c3ccc(-c4ccc(OCCCCCCCC)cc4)cc3)cc2)cc1. The van der Waals surface area contributed by atoms with Crippen molar-refractivity contribution in [2.45, 2.75) is 105 Å². The minimum atomic E-state index is -0.547. The van der Waals surface area contributed by atoms with Gasteiger partial charge in [0.1, 0.15) is 34.5 Å². The van der Waals surface area contributed by atoms with Crippen LogP contribution in [0.5, 0.6) is 34.5 Å². The van der Waals surface area contributed by atoms with E-state index in [9.17, 15) is 9.59 Å². The summed E-state index contributed by atoms with van der Waals surface area (Å²) in [4.78, 5) is 27.8. The molecule has 6 aromatic rings. The number of methoxy groups -OCH3 is 2. The molecule has 0 fully saturated rings. The molecule has 8 heteroatoms. The maximum atomic E-state index is 13.9. The lowest BCUT2D eigenvalue weighted by Gasteiger charge is -2.20. The van der Waals surface area contributed by atoms with Crippen LogP contribution in [0, 0.1) is 13.8 Å². The van der Waals surface area contributed by atoms with E-state index in [2.05, 4.69) is 13.8 Å². The number of rotatable bonds is 25. The summed E-state index contributed by atoms with van der Waals surface area (Å²) in [6.07, 6.45) is 14.7. The van der Waals surface area contributed by atoms with E-state index >= 15 is 0 Å². The Balaban J connectivity index is 1.15. The molecular formula is C58H66O8. The number of ether oxygens (including phenoxy) is 6. The van der Waals surface area contributed by atoms with Crippen molar-refractivity contribution in [1.29, 1.82) is 0 Å². The van der Waals surface area contributed by atoms with Gasteiger partial charge in [0.05, 0.1) is 38.6 Å². The molecule has 0 saturated carbocycles. The van der Waals surface area contributed by atoms with Crippen molar-refractivity contribution < 1.29 is 38.0 Å². The molecule has 8 nitrogen and oxygen atoms in total. The quantitative estimate of drug-likeness (QED) is 0.0319. The topological polar surface area (TPSA) is 89.5 Å². The number of carbonyl (C=O) groups is 2. The Kier molecular flexibility index (Phi) is 18.7. The first-order valence-corrected chi connectivity index (χ1v) is 23.7. The third-order valence-corrected chi connectivity index (χ3v) is 11.8. The van der Waals surface area contributed by atoms with Gasteiger partial charge >= 0.3 is 11.9 Å². The summed E-state index contributed by atoms with van der Waals surface area (Å²) in [5.74, 6) is 2.12. The molecule has 0 atom stereocenters. The van der Waals surface area contributed by atoms with Crippen LogP contribution in [0.2, 0.25) is 0 Å². The van der Waals surface area contributed by atoms with Crippen LogP contribution in [-0.2, 0) is 0 Å². The fourth-order valence-corrected chi connectivity index (χ4v) is 8.03. The van der Waals surface area contributed by atoms with E-state index in [-0.39, 0.29) is 11.5 Å². The zero-order valence-electron chi connectivity index (χ0n) is 39.7. The molecule has 0 unspecified atom stereocenters. The van der Waals surface area contributed by atoms with E-state index in [4.69, 9.17) is 28.4 Å². The zero-order chi connectivity index (χ0) is 46.7. The standard InChI is InChI=1S/C58H66O8/c1-7-9-11-13-15-17-35-63-49-31-27-45(28-32-49)43-19-23-47(24-20-43)57(59)65-53-39-51(61-5)37-41(3)55(53)56-42(4)38-52(62-6)40-54(56)66-58(60)48-25-21-44(22-26-48)46-29-33-50(34-30-46)64-36-18-16-14-12-10-8-2/h19-34,37-40H,7-18,35-36H2,1-6H3. The highest BCUT2D eigenvalue weighted by Crippen LogP contribution is 2.45. The van der Waals surface area contributed by atoms with Crippen molar-refractivity contribution in [2.24, 2.45) is 0 Å². The van der Waals surface area contributed by atoms with Gasteiger partial charge in [0.2, 0.25) is 0 Å². The molecule has 66 heavy (non-hydrogen) atoms. The average Bonchev–Trinajstić information content (AvgIpc) is 3.34. The maximum absolute atomic E-state index is 13.9. The lowest BCUT2D eigenvalue weighted by molar-refractivity contribution is 0.0722. The van der Waals surface area contributed by atoms with Gasteiger partial charge in [-0.15, -0.1) is 0 Å². The first-order chi connectivity index (χ1) is 32.2. The molecule has 346 valence electrons. The van der Waals surface area contributed by atoms with E-state index in [1.165, 1.54) is 64.2 Å². The summed E-state index contributed by atoms with van der Waals surface area (Å²) in [6.45, 7) is 9.68. The molecule has 0 aromatic heterocycles. The van der Waals surface area contributed by atoms with Gasteiger partial charge in [-0.05, 0) is 121 Å². The van der Waals surface area contributed by atoms with E-state index < -0.39 is 11.9 Å². The third-order valence-electron chi connectivity index (χ3n) is 11.8. The number of unbranched alkanes of at least 4 members (excludes halogenated alkanes) is 10. The number of esters is 2. The minimum Gasteiger partial charge on any atom is -0.497 e. The van der Waals surface area contributed by atoms with Gasteiger partial charge in [0.15, 0.2) is 0 Å². The monoisotopic (exact) mass is 890 g/mol. The number of benzene rings is 6. The highest BCUT2D eigenvalue weighted by molar-refractivity contribution is 5.96. The lowest BCUT2D eigenvalue weighted by atomic mass is 9.94. The summed E-state index contributed by atoms with van der Waals surface area (Å²) in [6, 6.07) is 37.7.